The molecule has 9 atom stereocenters. The Bertz CT molecular complexity index is 2450. The molecule has 4 aliphatic rings. The van der Waals surface area contributed by atoms with Crippen molar-refractivity contribution in [1.82, 2.24) is 10.6 Å². The highest BCUT2D eigenvalue weighted by atomic mass is 32.2. The van der Waals surface area contributed by atoms with Crippen molar-refractivity contribution in [2.45, 2.75) is 85.6 Å². The highest BCUT2D eigenvalue weighted by Gasteiger charge is 2.53. The van der Waals surface area contributed by atoms with Crippen molar-refractivity contribution in [2.24, 2.45) is 23.7 Å². The minimum atomic E-state index is -2.15. The standard InChI is InChI=1S/C49H60N2O16S/c1-22-14-13-15-23(2)47(59)51-36-40(56)34-33(41(57)45(36)68-19-17-50-48(60)29-20-31(62-10)44(64-12)32(21-29)63-11)35-43(27(6)39(34)55)67-49(8,46(35)58)65-18-16-30(61-9)24(3)42(66-28(7)52)26(5)38(54)25(4)37(22)53/h13-16,18,20-22,24-26,30,37-38,42,53-55H,17,19H2,1-12H3,(H,50,60)(H,51,59)/b14-13-,18-16?,23-15-/t22-,24+,25+,26+,30-,37-,38+,42+,49-/m0/s1. The van der Waals surface area contributed by atoms with Crippen LogP contribution in [0.25, 0.3) is 0 Å². The SMILES string of the molecule is COc1cc(C(=O)NCCSC2=C3NC(=O)/C(C)=C\C=C/[C@H](C)[C@H](O)[C@@H](C)[C@@H](O)[C@@H](C)[C@H](OC(C)=O)[C@H](C)[C@@H](OC)C=CO[C@@]4(C)Oc5c(C)c(O)c(c(c5C4=O)C2=O)C3=O)cc(OC)c1OC. The fourth-order valence-electron chi connectivity index (χ4n) is 8.43. The molecule has 0 saturated carbocycles. The number of methoxy groups -OCH3 is 4. The third-order valence-corrected chi connectivity index (χ3v) is 13.6. The number of carbonyl (C=O) groups is 6. The minimum Gasteiger partial charge on any atom is -0.507 e. The van der Waals surface area contributed by atoms with Crippen LogP contribution in [0.1, 0.15) is 95.5 Å². The lowest BCUT2D eigenvalue weighted by molar-refractivity contribution is -0.160. The van der Waals surface area contributed by atoms with E-state index in [4.69, 9.17) is 33.2 Å². The van der Waals surface area contributed by atoms with Gasteiger partial charge in [0.2, 0.25) is 17.3 Å². The van der Waals surface area contributed by atoms with Crippen LogP contribution in [-0.4, -0.2) is 121 Å². The molecule has 0 radical (unpaired) electrons. The van der Waals surface area contributed by atoms with Crippen LogP contribution in [0.5, 0.6) is 28.7 Å². The Hall–Kier alpha value is -6.15. The molecular weight excluding hydrogens is 905 g/mol. The number of aliphatic hydroxyl groups is 2. The summed E-state index contributed by atoms with van der Waals surface area (Å²) >= 11 is 0.819. The zero-order valence-electron chi connectivity index (χ0n) is 40.1. The Morgan fingerprint density at radius 2 is 1.51 bits per heavy atom. The molecular formula is C49H60N2O16S. The van der Waals surface area contributed by atoms with Gasteiger partial charge in [-0.3, -0.25) is 28.8 Å². The molecule has 3 aliphatic heterocycles. The van der Waals surface area contributed by atoms with Gasteiger partial charge in [0.15, 0.2) is 11.5 Å². The largest absolute Gasteiger partial charge is 0.507 e. The molecule has 2 aromatic carbocycles. The number of ketones is 3. The number of rotatable bonds is 10. The molecule has 1 aliphatic carbocycles. The number of thioether (sulfide) groups is 1. The van der Waals surface area contributed by atoms with Gasteiger partial charge in [-0.05, 0) is 32.1 Å². The van der Waals surface area contributed by atoms with Gasteiger partial charge in [0, 0.05) is 73.6 Å². The third kappa shape index (κ3) is 10.4. The fourth-order valence-corrected chi connectivity index (χ4v) is 9.36. The van der Waals surface area contributed by atoms with E-state index in [9.17, 15) is 44.1 Å². The van der Waals surface area contributed by atoms with Gasteiger partial charge in [0.1, 0.15) is 23.3 Å². The van der Waals surface area contributed by atoms with Crippen molar-refractivity contribution < 1.29 is 77.2 Å². The van der Waals surface area contributed by atoms with Crippen LogP contribution in [0.4, 0.5) is 0 Å². The van der Waals surface area contributed by atoms with E-state index in [-0.39, 0.29) is 62.5 Å². The summed E-state index contributed by atoms with van der Waals surface area (Å²) in [6.45, 7) is 12.1. The molecule has 2 aromatic rings. The second kappa shape index (κ2) is 21.9. The number of phenolic OH excluding ortho intramolecular Hbond substituents is 1. The predicted molar refractivity (Wildman–Crippen MR) is 249 cm³/mol. The number of phenols is 1. The molecule has 68 heavy (non-hydrogen) atoms. The van der Waals surface area contributed by atoms with Crippen molar-refractivity contribution >= 4 is 46.9 Å². The zero-order valence-corrected chi connectivity index (χ0v) is 40.9. The Balaban J connectivity index is 1.59. The summed E-state index contributed by atoms with van der Waals surface area (Å²) in [7, 11) is 5.63. The zero-order chi connectivity index (χ0) is 50.5. The predicted octanol–water partition coefficient (Wildman–Crippen LogP) is 5.15. The van der Waals surface area contributed by atoms with E-state index in [0.717, 1.165) is 18.0 Å². The highest BCUT2D eigenvalue weighted by Crippen LogP contribution is 2.49. The molecule has 2 amide bonds. The number of hydrogen-bond donors (Lipinski definition) is 5. The van der Waals surface area contributed by atoms with Gasteiger partial charge in [-0.25, -0.2) is 0 Å². The maximum Gasteiger partial charge on any atom is 0.312 e. The number of benzene rings is 2. The average molecular weight is 965 g/mol. The highest BCUT2D eigenvalue weighted by molar-refractivity contribution is 8.04. The number of nitrogens with one attached hydrogen (secondary N) is 2. The van der Waals surface area contributed by atoms with Crippen LogP contribution in [-0.2, 0) is 23.8 Å². The molecule has 0 saturated heterocycles. The van der Waals surface area contributed by atoms with Gasteiger partial charge >= 0.3 is 11.8 Å². The maximum atomic E-state index is 14.8. The number of allylic oxidation sites excluding steroid dienone is 4. The average Bonchev–Trinajstić information content (AvgIpc) is 3.58. The minimum absolute atomic E-state index is 0.0314. The van der Waals surface area contributed by atoms with Crippen molar-refractivity contribution in [3.8, 4) is 28.7 Å². The second-order valence-electron chi connectivity index (χ2n) is 17.0. The summed E-state index contributed by atoms with van der Waals surface area (Å²) in [6, 6.07) is 2.91. The molecule has 19 heteroatoms. The Morgan fingerprint density at radius 1 is 0.868 bits per heavy atom. The van der Waals surface area contributed by atoms with Crippen LogP contribution >= 0.6 is 11.8 Å². The van der Waals surface area contributed by atoms with Gasteiger partial charge in [0.25, 0.3) is 17.6 Å². The number of carbonyl (C=O) groups excluding carboxylic acids is 6. The van der Waals surface area contributed by atoms with E-state index >= 15 is 0 Å². The lowest BCUT2D eigenvalue weighted by atomic mass is 9.78. The van der Waals surface area contributed by atoms with Crippen LogP contribution in [0, 0.1) is 30.6 Å². The van der Waals surface area contributed by atoms with Gasteiger partial charge in [-0.1, -0.05) is 45.9 Å². The second-order valence-corrected chi connectivity index (χ2v) is 18.1. The Morgan fingerprint density at radius 3 is 2.10 bits per heavy atom. The number of fused-ring (bicyclic) bond motifs is 14. The van der Waals surface area contributed by atoms with Crippen molar-refractivity contribution in [3.63, 3.8) is 0 Å². The van der Waals surface area contributed by atoms with Gasteiger partial charge in [-0.15, -0.1) is 11.8 Å². The molecule has 5 N–H and O–H groups in total. The van der Waals surface area contributed by atoms with Gasteiger partial charge in [0.05, 0.1) is 67.5 Å². The molecule has 18 nitrogen and oxygen atoms in total. The van der Waals surface area contributed by atoms with E-state index in [2.05, 4.69) is 10.6 Å². The lowest BCUT2D eigenvalue weighted by Crippen LogP contribution is -2.46. The van der Waals surface area contributed by atoms with E-state index in [1.54, 1.807) is 33.8 Å². The molecule has 0 aromatic heterocycles. The first-order chi connectivity index (χ1) is 32.1. The smallest absolute Gasteiger partial charge is 0.312 e. The Kier molecular flexibility index (Phi) is 17.0. The number of hydrogen-bond acceptors (Lipinski definition) is 17. The van der Waals surface area contributed by atoms with E-state index in [0.29, 0.717) is 0 Å². The summed E-state index contributed by atoms with van der Waals surface area (Å²) < 4.78 is 39.6. The number of amides is 2. The molecule has 0 fully saturated rings. The first-order valence-corrected chi connectivity index (χ1v) is 22.8. The summed E-state index contributed by atoms with van der Waals surface area (Å²) in [5.74, 6) is -9.67. The van der Waals surface area contributed by atoms with E-state index in [1.807, 2.05) is 0 Å². The number of aromatic hydroxyl groups is 1. The molecule has 5 bridgehead atoms. The normalized spacial score (nSPS) is 27.9. The first-order valence-electron chi connectivity index (χ1n) is 21.8. The lowest BCUT2D eigenvalue weighted by Gasteiger charge is -2.38. The van der Waals surface area contributed by atoms with Gasteiger partial charge < -0.3 is 59.1 Å². The van der Waals surface area contributed by atoms with Crippen molar-refractivity contribution in [3.05, 3.63) is 86.7 Å². The number of aliphatic hydroxyl groups excluding tert-OH is 2. The number of ether oxygens (including phenoxy) is 7. The molecule has 368 valence electrons. The first kappa shape index (κ1) is 52.8. The van der Waals surface area contributed by atoms with Crippen LogP contribution < -0.4 is 29.6 Å². The van der Waals surface area contributed by atoms with Crippen LogP contribution in [0.3, 0.4) is 0 Å². The third-order valence-electron chi connectivity index (χ3n) is 12.5. The van der Waals surface area contributed by atoms with Crippen LogP contribution in [0.2, 0.25) is 0 Å². The molecule has 0 unspecified atom stereocenters. The van der Waals surface area contributed by atoms with Crippen molar-refractivity contribution in [2.75, 3.05) is 40.7 Å². The molecule has 0 spiro atoms. The number of Topliss-reactive ketones (excluding diaryl/α,β-unsaturated/α-hetero) is 3. The molecule has 3 heterocycles. The fraction of sp³-hybridized carbons (Fsp3) is 0.469. The summed E-state index contributed by atoms with van der Waals surface area (Å²) in [4.78, 5) is 83.2. The Labute approximate surface area is 399 Å². The molecule has 6 rings (SSSR count). The van der Waals surface area contributed by atoms with Gasteiger partial charge in [-0.2, -0.15) is 0 Å². The summed E-state index contributed by atoms with van der Waals surface area (Å²) in [5, 5.41) is 39.9. The quantitative estimate of drug-likeness (QED) is 0.153. The topological polar surface area (TPSA) is 252 Å². The van der Waals surface area contributed by atoms with E-state index < -0.39 is 112 Å². The van der Waals surface area contributed by atoms with Crippen LogP contribution in [0.15, 0.2) is 58.9 Å². The monoisotopic (exact) mass is 964 g/mol. The number of esters is 1. The summed E-state index contributed by atoms with van der Waals surface area (Å²) in [5.41, 5.74) is -1.63. The van der Waals surface area contributed by atoms with Crippen molar-refractivity contribution in [1.29, 1.82) is 0 Å². The maximum absolute atomic E-state index is 14.8. The van der Waals surface area contributed by atoms with E-state index in [1.165, 1.54) is 86.5 Å². The summed E-state index contributed by atoms with van der Waals surface area (Å²) in [6.07, 6.45) is 3.09.